The van der Waals surface area contributed by atoms with E-state index in [1.54, 1.807) is 0 Å². The molecule has 8 aromatic carbocycles. The molecule has 72 heavy (non-hydrogen) atoms. The molecule has 0 aliphatic carbocycles. The van der Waals surface area contributed by atoms with Crippen LogP contribution in [-0.4, -0.2) is 24.0 Å². The van der Waals surface area contributed by atoms with Crippen LogP contribution in [0.3, 0.4) is 0 Å². The van der Waals surface area contributed by atoms with E-state index < -0.39 is 31.7 Å². The predicted octanol–water partition coefficient (Wildman–Crippen LogP) is 9.79. The first kappa shape index (κ1) is 77.4. The quantitative estimate of drug-likeness (QED) is 0.0554. The fraction of sp³-hybridized carbons (Fsp3) is 0.0526. The third-order valence-corrected chi connectivity index (χ3v) is 21.0. The van der Waals surface area contributed by atoms with Crippen LogP contribution in [0, 0.1) is 39.9 Å². The van der Waals surface area contributed by atoms with E-state index in [1.807, 2.05) is 0 Å². The van der Waals surface area contributed by atoms with E-state index in [4.69, 9.17) is 33.0 Å². The van der Waals surface area contributed by atoms with Crippen molar-refractivity contribution in [2.75, 3.05) is 18.9 Å². The molecular formula is C57H48O7P4Pt2Rh2. The van der Waals surface area contributed by atoms with Gasteiger partial charge in [0, 0.05) is 100 Å². The van der Waals surface area contributed by atoms with Crippen molar-refractivity contribution < 1.29 is 114 Å². The van der Waals surface area contributed by atoms with Crippen LogP contribution in [0.2, 0.25) is 0 Å². The first-order valence-corrected chi connectivity index (χ1v) is 26.1. The number of aliphatic hydroxyl groups excluding tert-OH is 1. The van der Waals surface area contributed by atoms with Crippen LogP contribution in [-0.2, 0) is 109 Å². The molecule has 0 saturated heterocycles. The SMILES string of the molecule is CO.[C-]#[O+].[C-]#[O+].[C-]#[O+].[C-]#[O+].[C-]#[O+].[C-]#[O+].[Pt].[Pt].[Rh].[Rh].c1ccc(P(CP(c2ccccc2)c2ccccc2)c2ccccc2)cc1.c1ccc(P(CP(c2ccccc2)c2ccccc2)c2ccccc2)cc1. The molecule has 376 valence electrons. The van der Waals surface area contributed by atoms with Crippen molar-refractivity contribution in [3.05, 3.63) is 283 Å². The second-order valence-corrected chi connectivity index (χ2v) is 22.5. The molecule has 8 rings (SSSR count). The van der Waals surface area contributed by atoms with E-state index in [2.05, 4.69) is 283 Å². The normalized spacial score (nSPS) is 8.53. The Bertz CT molecular complexity index is 2020. The van der Waals surface area contributed by atoms with Crippen molar-refractivity contribution in [2.45, 2.75) is 0 Å². The Hall–Kier alpha value is -3.50. The summed E-state index contributed by atoms with van der Waals surface area (Å²) >= 11 is 0. The summed E-state index contributed by atoms with van der Waals surface area (Å²) in [6, 6.07) is 88.3. The van der Waals surface area contributed by atoms with Gasteiger partial charge in [-0.15, -0.1) is 0 Å². The summed E-state index contributed by atoms with van der Waals surface area (Å²) in [7, 11) is -0.635. The van der Waals surface area contributed by atoms with Crippen LogP contribution >= 0.6 is 31.7 Å². The number of rotatable bonds is 12. The molecule has 0 heterocycles. The zero-order valence-corrected chi connectivity index (χ0v) is 49.9. The van der Waals surface area contributed by atoms with Crippen LogP contribution in [0.5, 0.6) is 0 Å². The van der Waals surface area contributed by atoms with E-state index in [0.717, 1.165) is 7.11 Å². The van der Waals surface area contributed by atoms with E-state index in [1.165, 1.54) is 54.2 Å². The molecule has 0 bridgehead atoms. The molecule has 2 radical (unpaired) electrons. The topological polar surface area (TPSA) is 140 Å². The first-order valence-electron chi connectivity index (χ1n) is 20.0. The van der Waals surface area contributed by atoms with Gasteiger partial charge >= 0.3 is 67.8 Å². The minimum atomic E-state index is -0.409. The Morgan fingerprint density at radius 1 is 0.236 bits per heavy atom. The Balaban J connectivity index is -0.000000320. The van der Waals surface area contributed by atoms with Crippen molar-refractivity contribution >= 4 is 74.1 Å². The minimum absolute atomic E-state index is 0. The van der Waals surface area contributed by atoms with Gasteiger partial charge < -0.3 is 5.11 Å². The van der Waals surface area contributed by atoms with Gasteiger partial charge in [-0.2, -0.15) is 0 Å². The van der Waals surface area contributed by atoms with E-state index in [9.17, 15) is 0 Å². The molecule has 0 fully saturated rings. The largest absolute Gasteiger partial charge is 0.0622 e. The Kier molecular flexibility index (Phi) is 57.8. The maximum atomic E-state index is 7.50. The Morgan fingerprint density at radius 3 is 0.403 bits per heavy atom. The minimum Gasteiger partial charge on any atom is -0.0622 e. The third-order valence-electron chi connectivity index (χ3n) is 9.11. The van der Waals surface area contributed by atoms with Gasteiger partial charge in [0.25, 0.3) is 0 Å². The Morgan fingerprint density at radius 2 is 0.319 bits per heavy atom. The van der Waals surface area contributed by atoms with Gasteiger partial charge in [0.2, 0.25) is 0 Å². The third kappa shape index (κ3) is 28.2. The zero-order chi connectivity index (χ0) is 50.6. The van der Waals surface area contributed by atoms with Crippen LogP contribution < -0.4 is 42.4 Å². The number of hydrogen-bond donors (Lipinski definition) is 1. The average Bonchev–Trinajstić information content (AvgIpc) is 3.47. The molecule has 0 atom stereocenters. The van der Waals surface area contributed by atoms with Crippen molar-refractivity contribution in [3.63, 3.8) is 0 Å². The molecule has 8 aromatic rings. The molecule has 0 aliphatic heterocycles. The number of hydrogen-bond acceptors (Lipinski definition) is 1. The van der Waals surface area contributed by atoms with Gasteiger partial charge in [-0.05, 0) is 74.1 Å². The summed E-state index contributed by atoms with van der Waals surface area (Å²) in [5.41, 5.74) is 0. The summed E-state index contributed by atoms with van der Waals surface area (Å²) in [6.07, 6.45) is 0. The van der Waals surface area contributed by atoms with Crippen molar-refractivity contribution in [3.8, 4) is 0 Å². The van der Waals surface area contributed by atoms with Crippen molar-refractivity contribution in [1.82, 2.24) is 0 Å². The fourth-order valence-corrected chi connectivity index (χ4v) is 19.3. The van der Waals surface area contributed by atoms with Crippen molar-refractivity contribution in [2.24, 2.45) is 0 Å². The molecule has 15 heteroatoms. The van der Waals surface area contributed by atoms with Gasteiger partial charge in [0.15, 0.2) is 0 Å². The maximum Gasteiger partial charge on any atom is 0.00405 e. The molecule has 0 aliphatic rings. The maximum absolute atomic E-state index is 7.50. The van der Waals surface area contributed by atoms with Gasteiger partial charge in [-0.25, -0.2) is 0 Å². The molecule has 0 saturated carbocycles. The summed E-state index contributed by atoms with van der Waals surface area (Å²) in [6.45, 7) is 27.0. The summed E-state index contributed by atoms with van der Waals surface area (Å²) in [5.74, 6) is 2.35. The fourth-order valence-electron chi connectivity index (χ4n) is 6.40. The summed E-state index contributed by atoms with van der Waals surface area (Å²) in [4.78, 5) is 0. The van der Waals surface area contributed by atoms with Gasteiger partial charge in [0.1, 0.15) is 0 Å². The van der Waals surface area contributed by atoms with E-state index >= 15 is 0 Å². The predicted molar refractivity (Wildman–Crippen MR) is 278 cm³/mol. The second kappa shape index (κ2) is 53.8. The molecule has 0 unspecified atom stereocenters. The zero-order valence-electron chi connectivity index (χ0n) is 38.5. The summed E-state index contributed by atoms with van der Waals surface area (Å²) in [5, 5.41) is 18.7. The number of benzene rings is 8. The van der Waals surface area contributed by atoms with Crippen molar-refractivity contribution in [1.29, 1.82) is 0 Å². The van der Waals surface area contributed by atoms with E-state index in [0.29, 0.717) is 0 Å². The standard InChI is InChI=1S/2C25H22P2.CH4O.6CO.2Pt.2Rh/c2*1-5-13-22(14-6-1)26(23-15-7-2-8-16-23)21-27(24-17-9-3-10-18-24)25-19-11-4-12-20-25;7*1-2;;;;/h2*1-20H,21H2;2H,1H3;;;;;;;;;;. The molecular weight excluding hydrogens is 1520 g/mol. The number of aliphatic hydroxyl groups is 1. The molecule has 0 spiro atoms. The monoisotopic (exact) mass is 1560 g/mol. The van der Waals surface area contributed by atoms with Crippen LogP contribution in [0.25, 0.3) is 0 Å². The van der Waals surface area contributed by atoms with Gasteiger partial charge in [0.05, 0.1) is 0 Å². The smallest absolute Gasteiger partial charge is 0.00405 e. The Labute approximate surface area is 485 Å². The van der Waals surface area contributed by atoms with Gasteiger partial charge in [-0.1, -0.05) is 243 Å². The summed E-state index contributed by atoms with van der Waals surface area (Å²) < 4.78 is 45.0. The van der Waals surface area contributed by atoms with Crippen LogP contribution in [0.15, 0.2) is 243 Å². The molecule has 0 amide bonds. The molecule has 7 nitrogen and oxygen atoms in total. The molecule has 1 N–H and O–H groups in total. The first-order chi connectivity index (χ1) is 33.8. The second-order valence-electron chi connectivity index (χ2n) is 12.7. The van der Waals surface area contributed by atoms with Gasteiger partial charge in [-0.3, -0.25) is 0 Å². The van der Waals surface area contributed by atoms with Crippen LogP contribution in [0.1, 0.15) is 0 Å². The average molecular weight is 1560 g/mol. The van der Waals surface area contributed by atoms with E-state index in [-0.39, 0.29) is 81.1 Å². The molecule has 0 aromatic heterocycles. The van der Waals surface area contributed by atoms with Crippen LogP contribution in [0.4, 0.5) is 0 Å².